The van der Waals surface area contributed by atoms with Crippen LogP contribution in [0.5, 0.6) is 11.8 Å². The van der Waals surface area contributed by atoms with Crippen LogP contribution in [0, 0.1) is 23.0 Å². The highest BCUT2D eigenvalue weighted by Crippen LogP contribution is 2.22. The van der Waals surface area contributed by atoms with Crippen molar-refractivity contribution in [2.75, 3.05) is 0 Å². The molecule has 17 heavy (non-hydrogen) atoms. The molecule has 0 fully saturated rings. The zero-order chi connectivity index (χ0) is 12.3. The van der Waals surface area contributed by atoms with Crippen molar-refractivity contribution in [3.8, 4) is 17.8 Å². The number of aromatic nitrogens is 2. The molecule has 0 radical (unpaired) electrons. The van der Waals surface area contributed by atoms with Crippen LogP contribution in [-0.4, -0.2) is 9.97 Å². The maximum atomic E-state index is 13.2. The van der Waals surface area contributed by atoms with Crippen LogP contribution in [0.25, 0.3) is 0 Å². The number of halogens is 2. The number of hydrogen-bond acceptors (Lipinski definition) is 4. The van der Waals surface area contributed by atoms with Gasteiger partial charge in [0.1, 0.15) is 17.6 Å². The summed E-state index contributed by atoms with van der Waals surface area (Å²) in [7, 11) is 0. The molecule has 0 saturated carbocycles. The second-order valence-corrected chi connectivity index (χ2v) is 3.01. The minimum atomic E-state index is -0.739. The first-order chi connectivity index (χ1) is 8.19. The molecular weight excluding hydrogens is 228 g/mol. The van der Waals surface area contributed by atoms with E-state index >= 15 is 0 Å². The van der Waals surface area contributed by atoms with E-state index in [1.165, 1.54) is 12.3 Å². The Balaban J connectivity index is 2.31. The SMILES string of the molecule is N#Cc1ccnc(Oc2cc(F)ccc2F)n1. The second kappa shape index (κ2) is 4.53. The average Bonchev–Trinajstić information content (AvgIpc) is 2.34. The Morgan fingerprint density at radius 1 is 1.24 bits per heavy atom. The summed E-state index contributed by atoms with van der Waals surface area (Å²) in [5.41, 5.74) is 0.0758. The summed E-state index contributed by atoms with van der Waals surface area (Å²) in [6.07, 6.45) is 1.29. The third-order valence-corrected chi connectivity index (χ3v) is 1.84. The molecule has 6 heteroatoms. The van der Waals surface area contributed by atoms with E-state index < -0.39 is 11.6 Å². The molecule has 1 aromatic heterocycles. The van der Waals surface area contributed by atoms with E-state index in [1.54, 1.807) is 6.07 Å². The van der Waals surface area contributed by atoms with Gasteiger partial charge in [0, 0.05) is 12.3 Å². The van der Waals surface area contributed by atoms with E-state index in [9.17, 15) is 8.78 Å². The summed E-state index contributed by atoms with van der Waals surface area (Å²) in [6, 6.07) is 5.70. The first-order valence-corrected chi connectivity index (χ1v) is 4.55. The molecule has 2 rings (SSSR count). The molecule has 0 unspecified atom stereocenters. The van der Waals surface area contributed by atoms with Crippen LogP contribution in [0.4, 0.5) is 8.78 Å². The summed E-state index contributed by atoms with van der Waals surface area (Å²) in [5.74, 6) is -1.71. The zero-order valence-electron chi connectivity index (χ0n) is 8.39. The average molecular weight is 233 g/mol. The van der Waals surface area contributed by atoms with E-state index in [0.29, 0.717) is 0 Å². The van der Waals surface area contributed by atoms with Gasteiger partial charge in [0.2, 0.25) is 0 Å². The van der Waals surface area contributed by atoms with Gasteiger partial charge in [-0.2, -0.15) is 10.2 Å². The molecular formula is C11H5F2N3O. The van der Waals surface area contributed by atoms with Crippen LogP contribution < -0.4 is 4.74 Å². The minimum Gasteiger partial charge on any atom is -0.421 e. The van der Waals surface area contributed by atoms with Crippen molar-refractivity contribution < 1.29 is 13.5 Å². The number of rotatable bonds is 2. The third kappa shape index (κ3) is 2.52. The van der Waals surface area contributed by atoms with Crippen LogP contribution in [0.1, 0.15) is 5.69 Å². The lowest BCUT2D eigenvalue weighted by atomic mass is 10.3. The van der Waals surface area contributed by atoms with Crippen molar-refractivity contribution in [3.63, 3.8) is 0 Å². The van der Waals surface area contributed by atoms with Crippen molar-refractivity contribution in [1.82, 2.24) is 9.97 Å². The number of ether oxygens (including phenoxy) is 1. The fourth-order valence-electron chi connectivity index (χ4n) is 1.11. The number of nitriles is 1. The van der Waals surface area contributed by atoms with Gasteiger partial charge in [0.05, 0.1) is 0 Å². The topological polar surface area (TPSA) is 58.8 Å². The quantitative estimate of drug-likeness (QED) is 0.799. The highest BCUT2D eigenvalue weighted by molar-refractivity contribution is 5.28. The summed E-state index contributed by atoms with van der Waals surface area (Å²) in [4.78, 5) is 7.35. The van der Waals surface area contributed by atoms with Gasteiger partial charge >= 0.3 is 6.01 Å². The summed E-state index contributed by atoms with van der Waals surface area (Å²) in [5, 5.41) is 8.60. The number of benzene rings is 1. The van der Waals surface area contributed by atoms with Gasteiger partial charge in [0.15, 0.2) is 11.6 Å². The molecule has 0 amide bonds. The maximum absolute atomic E-state index is 13.2. The Morgan fingerprint density at radius 2 is 2.06 bits per heavy atom. The third-order valence-electron chi connectivity index (χ3n) is 1.84. The number of nitrogens with zero attached hydrogens (tertiary/aromatic N) is 3. The van der Waals surface area contributed by atoms with Crippen molar-refractivity contribution in [2.45, 2.75) is 0 Å². The van der Waals surface area contributed by atoms with Crippen LogP contribution in [0.3, 0.4) is 0 Å². The fraction of sp³-hybridized carbons (Fsp3) is 0. The van der Waals surface area contributed by atoms with E-state index in [4.69, 9.17) is 10.00 Å². The summed E-state index contributed by atoms with van der Waals surface area (Å²) < 4.78 is 31.0. The predicted molar refractivity (Wildman–Crippen MR) is 53.2 cm³/mol. The Bertz CT molecular complexity index is 596. The maximum Gasteiger partial charge on any atom is 0.323 e. The first kappa shape index (κ1) is 11.0. The highest BCUT2D eigenvalue weighted by atomic mass is 19.1. The molecule has 1 aromatic carbocycles. The van der Waals surface area contributed by atoms with Crippen molar-refractivity contribution >= 4 is 0 Å². The Morgan fingerprint density at radius 3 is 2.82 bits per heavy atom. The predicted octanol–water partition coefficient (Wildman–Crippen LogP) is 2.42. The molecule has 2 aromatic rings. The first-order valence-electron chi connectivity index (χ1n) is 4.55. The summed E-state index contributed by atoms with van der Waals surface area (Å²) in [6.45, 7) is 0. The van der Waals surface area contributed by atoms with Crippen LogP contribution >= 0.6 is 0 Å². The second-order valence-electron chi connectivity index (χ2n) is 3.01. The Hall–Kier alpha value is -2.55. The molecule has 84 valence electrons. The standard InChI is InChI=1S/C11H5F2N3O/c12-7-1-2-9(13)10(5-7)17-11-15-4-3-8(6-14)16-11/h1-5H. The molecule has 4 nitrogen and oxygen atoms in total. The lowest BCUT2D eigenvalue weighted by Gasteiger charge is -2.04. The van der Waals surface area contributed by atoms with E-state index in [2.05, 4.69) is 9.97 Å². The number of hydrogen-bond donors (Lipinski definition) is 0. The Kier molecular flexibility index (Phi) is 2.92. The van der Waals surface area contributed by atoms with Gasteiger partial charge in [-0.1, -0.05) is 0 Å². The van der Waals surface area contributed by atoms with Gasteiger partial charge in [-0.05, 0) is 18.2 Å². The van der Waals surface area contributed by atoms with Gasteiger partial charge < -0.3 is 4.74 Å². The van der Waals surface area contributed by atoms with Gasteiger partial charge in [-0.25, -0.2) is 13.8 Å². The minimum absolute atomic E-state index is 0.0758. The smallest absolute Gasteiger partial charge is 0.323 e. The lowest BCUT2D eigenvalue weighted by molar-refractivity contribution is 0.406. The molecule has 0 bridgehead atoms. The lowest BCUT2D eigenvalue weighted by Crippen LogP contribution is -1.95. The van der Waals surface area contributed by atoms with Crippen molar-refractivity contribution in [2.24, 2.45) is 0 Å². The molecule has 0 saturated heterocycles. The van der Waals surface area contributed by atoms with E-state index in [0.717, 1.165) is 18.2 Å². The van der Waals surface area contributed by atoms with E-state index in [-0.39, 0.29) is 17.5 Å². The fourth-order valence-corrected chi connectivity index (χ4v) is 1.11. The molecule has 0 spiro atoms. The largest absolute Gasteiger partial charge is 0.421 e. The summed E-state index contributed by atoms with van der Waals surface area (Å²) >= 11 is 0. The van der Waals surface area contributed by atoms with Crippen molar-refractivity contribution in [3.05, 3.63) is 47.8 Å². The van der Waals surface area contributed by atoms with Crippen LogP contribution in [-0.2, 0) is 0 Å². The monoisotopic (exact) mass is 233 g/mol. The van der Waals surface area contributed by atoms with Gasteiger partial charge in [-0.3, -0.25) is 0 Å². The molecule has 0 aliphatic rings. The molecule has 0 N–H and O–H groups in total. The van der Waals surface area contributed by atoms with Gasteiger partial charge in [0.25, 0.3) is 0 Å². The highest BCUT2D eigenvalue weighted by Gasteiger charge is 2.08. The molecule has 0 atom stereocenters. The van der Waals surface area contributed by atoms with Gasteiger partial charge in [-0.15, -0.1) is 0 Å². The molecule has 0 aliphatic carbocycles. The molecule has 1 heterocycles. The van der Waals surface area contributed by atoms with Crippen LogP contribution in [0.2, 0.25) is 0 Å². The zero-order valence-corrected chi connectivity index (χ0v) is 8.39. The van der Waals surface area contributed by atoms with E-state index in [1.807, 2.05) is 0 Å². The Labute approximate surface area is 95.1 Å². The van der Waals surface area contributed by atoms with Crippen molar-refractivity contribution in [1.29, 1.82) is 5.26 Å². The van der Waals surface area contributed by atoms with Crippen LogP contribution in [0.15, 0.2) is 30.5 Å². The molecule has 0 aliphatic heterocycles. The normalized spacial score (nSPS) is 9.71.